The quantitative estimate of drug-likeness (QED) is 0.639. The summed E-state index contributed by atoms with van der Waals surface area (Å²) in [6, 6.07) is 4.53. The first kappa shape index (κ1) is 14.9. The van der Waals surface area contributed by atoms with Crippen molar-refractivity contribution in [3.05, 3.63) is 34.4 Å². The molecule has 0 aliphatic heterocycles. The third-order valence-corrected chi connectivity index (χ3v) is 3.00. The minimum atomic E-state index is 0. The second kappa shape index (κ2) is 7.23. The molecule has 0 aromatic heterocycles. The van der Waals surface area contributed by atoms with E-state index in [9.17, 15) is 0 Å². The van der Waals surface area contributed by atoms with Gasteiger partial charge in [-0.25, -0.2) is 0 Å². The molecular weight excluding hydrogens is 352 g/mol. The standard InChI is InChI=1S/C12H16.C2H6.W/c1-9-7-8-10(2)12-6-4-3-5-11(9)12;1-2;/h7-8H,3-6H2,1-2H3;1-2H3;. The van der Waals surface area contributed by atoms with Crippen LogP contribution < -0.4 is 0 Å². The largest absolute Gasteiger partial charge is 0.0683 e. The Balaban J connectivity index is 0.000000617. The van der Waals surface area contributed by atoms with Gasteiger partial charge in [0.05, 0.1) is 0 Å². The minimum absolute atomic E-state index is 0. The molecule has 0 saturated carbocycles. The molecule has 0 fully saturated rings. The van der Waals surface area contributed by atoms with Gasteiger partial charge in [-0.3, -0.25) is 0 Å². The molecular formula is C14H22W. The van der Waals surface area contributed by atoms with Gasteiger partial charge in [-0.15, -0.1) is 0 Å². The average Bonchev–Trinajstić information content (AvgIpc) is 2.27. The Morgan fingerprint density at radius 2 is 1.13 bits per heavy atom. The predicted octanol–water partition coefficient (Wildman–Crippen LogP) is 4.21. The fourth-order valence-corrected chi connectivity index (χ4v) is 2.23. The van der Waals surface area contributed by atoms with Crippen LogP contribution in [0.2, 0.25) is 0 Å². The van der Waals surface area contributed by atoms with E-state index in [2.05, 4.69) is 26.0 Å². The molecule has 0 N–H and O–H groups in total. The number of hydrogen-bond donors (Lipinski definition) is 0. The maximum atomic E-state index is 2.26. The third kappa shape index (κ3) is 3.45. The molecule has 0 heterocycles. The molecule has 1 aromatic carbocycles. The van der Waals surface area contributed by atoms with Crippen molar-refractivity contribution in [3.63, 3.8) is 0 Å². The molecule has 1 heteroatoms. The van der Waals surface area contributed by atoms with Crippen molar-refractivity contribution in [3.8, 4) is 0 Å². The molecule has 0 saturated heterocycles. The number of hydrogen-bond acceptors (Lipinski definition) is 0. The summed E-state index contributed by atoms with van der Waals surface area (Å²) in [6.45, 7) is 8.48. The van der Waals surface area contributed by atoms with E-state index < -0.39 is 0 Å². The Morgan fingerprint density at radius 3 is 1.47 bits per heavy atom. The summed E-state index contributed by atoms with van der Waals surface area (Å²) in [5.74, 6) is 0. The van der Waals surface area contributed by atoms with Crippen LogP contribution in [-0.4, -0.2) is 0 Å². The smallest absolute Gasteiger partial charge is 0 e. The maximum Gasteiger partial charge on any atom is 0 e. The Labute approximate surface area is 109 Å². The summed E-state index contributed by atoms with van der Waals surface area (Å²) in [4.78, 5) is 0. The zero-order valence-electron chi connectivity index (χ0n) is 10.4. The molecule has 0 unspecified atom stereocenters. The Kier molecular flexibility index (Phi) is 7.18. The van der Waals surface area contributed by atoms with Gasteiger partial charge in [-0.05, 0) is 61.8 Å². The van der Waals surface area contributed by atoms with Gasteiger partial charge in [0.1, 0.15) is 0 Å². The van der Waals surface area contributed by atoms with Gasteiger partial charge in [-0.2, -0.15) is 0 Å². The van der Waals surface area contributed by atoms with Crippen LogP contribution in [0.25, 0.3) is 0 Å². The molecule has 2 rings (SSSR count). The molecule has 15 heavy (non-hydrogen) atoms. The van der Waals surface area contributed by atoms with Crippen molar-refractivity contribution in [1.29, 1.82) is 0 Å². The first-order chi connectivity index (χ1) is 6.79. The van der Waals surface area contributed by atoms with Gasteiger partial charge < -0.3 is 0 Å². The van der Waals surface area contributed by atoms with Crippen LogP contribution in [0.3, 0.4) is 0 Å². The molecule has 1 aromatic rings. The Hall–Kier alpha value is -0.0917. The van der Waals surface area contributed by atoms with Crippen molar-refractivity contribution in [2.75, 3.05) is 0 Å². The predicted molar refractivity (Wildman–Crippen MR) is 63.9 cm³/mol. The van der Waals surface area contributed by atoms with Crippen LogP contribution in [-0.2, 0) is 33.9 Å². The van der Waals surface area contributed by atoms with Gasteiger partial charge in [-0.1, -0.05) is 26.0 Å². The van der Waals surface area contributed by atoms with E-state index in [1.165, 1.54) is 36.8 Å². The van der Waals surface area contributed by atoms with Gasteiger partial charge in [0.2, 0.25) is 0 Å². The topological polar surface area (TPSA) is 0 Å². The van der Waals surface area contributed by atoms with Gasteiger partial charge in [0.15, 0.2) is 0 Å². The fraction of sp³-hybridized carbons (Fsp3) is 0.571. The van der Waals surface area contributed by atoms with Crippen LogP contribution in [0.4, 0.5) is 0 Å². The van der Waals surface area contributed by atoms with E-state index in [4.69, 9.17) is 0 Å². The molecule has 0 radical (unpaired) electrons. The van der Waals surface area contributed by atoms with Crippen molar-refractivity contribution < 1.29 is 21.1 Å². The summed E-state index contributed by atoms with van der Waals surface area (Å²) >= 11 is 0. The van der Waals surface area contributed by atoms with Crippen LogP contribution >= 0.6 is 0 Å². The van der Waals surface area contributed by atoms with Crippen LogP contribution in [0.1, 0.15) is 48.9 Å². The van der Waals surface area contributed by atoms with Crippen molar-refractivity contribution in [1.82, 2.24) is 0 Å². The van der Waals surface area contributed by atoms with E-state index in [0.717, 1.165) is 0 Å². The molecule has 0 amide bonds. The fourth-order valence-electron chi connectivity index (χ4n) is 2.23. The Bertz CT molecular complexity index is 271. The van der Waals surface area contributed by atoms with Crippen molar-refractivity contribution in [2.24, 2.45) is 0 Å². The molecule has 0 nitrogen and oxygen atoms in total. The van der Waals surface area contributed by atoms with Crippen LogP contribution in [0.15, 0.2) is 12.1 Å². The first-order valence-electron chi connectivity index (χ1n) is 5.87. The van der Waals surface area contributed by atoms with E-state index in [1.807, 2.05) is 13.8 Å². The van der Waals surface area contributed by atoms with E-state index in [1.54, 1.807) is 11.1 Å². The van der Waals surface area contributed by atoms with Gasteiger partial charge >= 0.3 is 0 Å². The molecule has 0 bridgehead atoms. The van der Waals surface area contributed by atoms with Crippen molar-refractivity contribution in [2.45, 2.75) is 53.4 Å². The summed E-state index contributed by atoms with van der Waals surface area (Å²) in [5.41, 5.74) is 6.27. The molecule has 0 spiro atoms. The van der Waals surface area contributed by atoms with Crippen LogP contribution in [0.5, 0.6) is 0 Å². The summed E-state index contributed by atoms with van der Waals surface area (Å²) < 4.78 is 0. The molecule has 0 atom stereocenters. The summed E-state index contributed by atoms with van der Waals surface area (Å²) in [6.07, 6.45) is 5.39. The normalized spacial score (nSPS) is 13.1. The van der Waals surface area contributed by atoms with Crippen LogP contribution in [0, 0.1) is 13.8 Å². The number of fused-ring (bicyclic) bond motifs is 1. The second-order valence-electron chi connectivity index (χ2n) is 3.86. The first-order valence-corrected chi connectivity index (χ1v) is 5.87. The molecule has 84 valence electrons. The number of aryl methyl sites for hydroxylation is 2. The van der Waals surface area contributed by atoms with Crippen molar-refractivity contribution >= 4 is 0 Å². The Morgan fingerprint density at radius 1 is 0.800 bits per heavy atom. The van der Waals surface area contributed by atoms with E-state index in [-0.39, 0.29) is 21.1 Å². The van der Waals surface area contributed by atoms with Gasteiger partial charge in [0, 0.05) is 21.1 Å². The molecule has 1 aliphatic rings. The SMILES string of the molecule is CC.Cc1ccc(C)c2c1CCCC2.[W]. The number of rotatable bonds is 0. The monoisotopic (exact) mass is 374 g/mol. The average molecular weight is 374 g/mol. The second-order valence-corrected chi connectivity index (χ2v) is 3.86. The van der Waals surface area contributed by atoms with Gasteiger partial charge in [0.25, 0.3) is 0 Å². The zero-order valence-corrected chi connectivity index (χ0v) is 13.3. The summed E-state index contributed by atoms with van der Waals surface area (Å²) in [5, 5.41) is 0. The zero-order chi connectivity index (χ0) is 10.6. The number of benzene rings is 1. The van der Waals surface area contributed by atoms with E-state index >= 15 is 0 Å². The van der Waals surface area contributed by atoms with E-state index in [0.29, 0.717) is 0 Å². The summed E-state index contributed by atoms with van der Waals surface area (Å²) in [7, 11) is 0. The maximum absolute atomic E-state index is 2.26. The molecule has 1 aliphatic carbocycles. The third-order valence-electron chi connectivity index (χ3n) is 3.00. The minimum Gasteiger partial charge on any atom is -0.0683 e.